The fourth-order valence-corrected chi connectivity index (χ4v) is 0. The van der Waals surface area contributed by atoms with Crippen LogP contribution in [0.2, 0.25) is 0 Å². The van der Waals surface area contributed by atoms with Gasteiger partial charge in [0.05, 0.1) is 0 Å². The number of carbonyl (C=O) groups is 1. The maximum Gasteiger partial charge on any atom is 0.303 e. The Kier molecular flexibility index (Phi) is 8.54. The molecule has 2 nitrogen and oxygen atoms in total. The van der Waals surface area contributed by atoms with Crippen molar-refractivity contribution in [3.05, 3.63) is 0 Å². The molecule has 0 saturated carbocycles. The Hall–Kier alpha value is 0.340. The second-order valence-corrected chi connectivity index (χ2v) is 0.747. The zero-order chi connectivity index (χ0) is 4.28. The molecule has 0 saturated heterocycles. The van der Waals surface area contributed by atoms with Gasteiger partial charge >= 0.3 is 5.97 Å². The van der Waals surface area contributed by atoms with Crippen LogP contribution in [0.15, 0.2) is 0 Å². The first-order valence-corrected chi connectivity index (χ1v) is 1.49. The van der Waals surface area contributed by atoms with Gasteiger partial charge in [-0.05, 0) is 0 Å². The summed E-state index contributed by atoms with van der Waals surface area (Å²) in [5.74, 6) is -0.745. The molecule has 0 aliphatic heterocycles. The van der Waals surface area contributed by atoms with Gasteiger partial charge in [-0.3, -0.25) is 4.79 Å². The van der Waals surface area contributed by atoms with E-state index in [0.29, 0.717) is 0 Å². The summed E-state index contributed by atoms with van der Waals surface area (Å²) in [5.41, 5.74) is 0. The van der Waals surface area contributed by atoms with Crippen LogP contribution >= 0.6 is 0 Å². The Morgan fingerprint density at radius 1 is 1.83 bits per heavy atom. The minimum atomic E-state index is -0.745. The Morgan fingerprint density at radius 3 is 2.00 bits per heavy atom. The van der Waals surface area contributed by atoms with E-state index < -0.39 is 5.97 Å². The van der Waals surface area contributed by atoms with E-state index in [1.807, 2.05) is 0 Å². The van der Waals surface area contributed by atoms with Crippen molar-refractivity contribution in [1.82, 2.24) is 0 Å². The predicted molar refractivity (Wildman–Crippen MR) is 17.9 cm³/mol. The van der Waals surface area contributed by atoms with Gasteiger partial charge in [-0.25, -0.2) is 0 Å². The average Bonchev–Trinajstić information content (AvgIpc) is 1.38. The van der Waals surface area contributed by atoms with Crippen LogP contribution in [0.25, 0.3) is 0 Å². The topological polar surface area (TPSA) is 37.3 Å². The maximum atomic E-state index is 9.37. The van der Waals surface area contributed by atoms with Crippen LogP contribution < -0.4 is 0 Å². The van der Waals surface area contributed by atoms with Crippen LogP contribution in [0.4, 0.5) is 0 Å². The molecule has 0 rings (SSSR count). The summed E-state index contributed by atoms with van der Waals surface area (Å²) in [7, 11) is 0. The van der Waals surface area contributed by atoms with Crippen molar-refractivity contribution in [2.24, 2.45) is 0 Å². The maximum absolute atomic E-state index is 9.37. The summed E-state index contributed by atoms with van der Waals surface area (Å²) in [5, 5.41) is 7.72. The molecule has 0 amide bonds. The number of rotatable bonds is 1. The van der Waals surface area contributed by atoms with Crippen molar-refractivity contribution in [2.75, 3.05) is 0 Å². The Morgan fingerprint density at radius 2 is 2.00 bits per heavy atom. The zero-order valence-corrected chi connectivity index (χ0v) is 7.16. The first kappa shape index (κ1) is 9.60. The van der Waals surface area contributed by atoms with Gasteiger partial charge in [-0.15, -0.1) is 0 Å². The van der Waals surface area contributed by atoms with E-state index in [4.69, 9.17) is 5.11 Å². The summed E-state index contributed by atoms with van der Waals surface area (Å²) in [6.45, 7) is 1.60. The van der Waals surface area contributed by atoms with Gasteiger partial charge in [0.1, 0.15) is 0 Å². The third kappa shape index (κ3) is 8.84. The largest absolute Gasteiger partial charge is 0.481 e. The van der Waals surface area contributed by atoms with Gasteiger partial charge in [0.15, 0.2) is 0 Å². The molecule has 0 bridgehead atoms. The van der Waals surface area contributed by atoms with Gasteiger partial charge in [-0.2, -0.15) is 0 Å². The molecule has 0 radical (unpaired) electrons. The minimum Gasteiger partial charge on any atom is -0.481 e. The molecule has 0 unspecified atom stereocenters. The summed E-state index contributed by atoms with van der Waals surface area (Å²) in [6, 6.07) is 0. The summed E-state index contributed by atoms with van der Waals surface area (Å²) in [4.78, 5) is 9.37. The van der Waals surface area contributed by atoms with Gasteiger partial charge in [0, 0.05) is 32.3 Å². The van der Waals surface area contributed by atoms with Crippen LogP contribution in [-0.4, -0.2) is 11.1 Å². The fraction of sp³-hybridized carbons (Fsp3) is 0.667. The molecular formula is C3H6HfO2. The molecule has 34 valence electrons. The van der Waals surface area contributed by atoms with Gasteiger partial charge in [-0.1, -0.05) is 6.92 Å². The average molecular weight is 253 g/mol. The smallest absolute Gasteiger partial charge is 0.303 e. The standard InChI is InChI=1S/C3H6O2.Hf/c1-2-3(4)5;/h2H2,1H3,(H,4,5);. The van der Waals surface area contributed by atoms with E-state index in [0.717, 1.165) is 0 Å². The van der Waals surface area contributed by atoms with Crippen molar-refractivity contribution in [3.63, 3.8) is 0 Å². The van der Waals surface area contributed by atoms with Crippen LogP contribution in [-0.2, 0) is 30.6 Å². The van der Waals surface area contributed by atoms with E-state index in [9.17, 15) is 4.79 Å². The second-order valence-electron chi connectivity index (χ2n) is 0.747. The molecule has 0 spiro atoms. The Balaban J connectivity index is 0. The zero-order valence-electron chi connectivity index (χ0n) is 3.56. The molecule has 0 fully saturated rings. The van der Waals surface area contributed by atoms with Crippen LogP contribution in [0.3, 0.4) is 0 Å². The van der Waals surface area contributed by atoms with Crippen LogP contribution in [0.1, 0.15) is 13.3 Å². The summed E-state index contributed by atoms with van der Waals surface area (Å²) in [6.07, 6.45) is 0.222. The first-order chi connectivity index (χ1) is 2.27. The van der Waals surface area contributed by atoms with Gasteiger partial charge in [0.2, 0.25) is 0 Å². The van der Waals surface area contributed by atoms with E-state index in [-0.39, 0.29) is 32.3 Å². The van der Waals surface area contributed by atoms with Crippen molar-refractivity contribution in [3.8, 4) is 0 Å². The molecule has 6 heavy (non-hydrogen) atoms. The Bertz CT molecular complexity index is 44.1. The van der Waals surface area contributed by atoms with E-state index in [1.54, 1.807) is 6.92 Å². The number of hydrogen-bond acceptors (Lipinski definition) is 1. The molecule has 0 aromatic carbocycles. The van der Waals surface area contributed by atoms with E-state index >= 15 is 0 Å². The van der Waals surface area contributed by atoms with Crippen molar-refractivity contribution < 1.29 is 35.7 Å². The van der Waals surface area contributed by atoms with Crippen LogP contribution in [0, 0.1) is 0 Å². The van der Waals surface area contributed by atoms with Crippen LogP contribution in [0.5, 0.6) is 0 Å². The van der Waals surface area contributed by atoms with Gasteiger partial charge < -0.3 is 5.11 Å². The second kappa shape index (κ2) is 5.34. The molecule has 3 heteroatoms. The summed E-state index contributed by atoms with van der Waals surface area (Å²) >= 11 is 0. The molecule has 0 atom stereocenters. The molecule has 0 aliphatic rings. The van der Waals surface area contributed by atoms with Crippen molar-refractivity contribution >= 4 is 5.97 Å². The SMILES string of the molecule is CCC(=O)O.[Hf]. The quantitative estimate of drug-likeness (QED) is 0.689. The molecule has 0 aromatic rings. The van der Waals surface area contributed by atoms with E-state index in [1.165, 1.54) is 0 Å². The molecule has 0 heterocycles. The first-order valence-electron chi connectivity index (χ1n) is 1.49. The normalized spacial score (nSPS) is 6.17. The third-order valence-corrected chi connectivity index (χ3v) is 0.302. The van der Waals surface area contributed by atoms with Gasteiger partial charge in [0.25, 0.3) is 0 Å². The number of carboxylic acids is 1. The molecule has 0 aromatic heterocycles. The minimum absolute atomic E-state index is 0. The van der Waals surface area contributed by atoms with Crippen molar-refractivity contribution in [1.29, 1.82) is 0 Å². The van der Waals surface area contributed by atoms with Crippen molar-refractivity contribution in [2.45, 2.75) is 13.3 Å². The Labute approximate surface area is 55.3 Å². The van der Waals surface area contributed by atoms with E-state index in [2.05, 4.69) is 0 Å². The summed E-state index contributed by atoms with van der Waals surface area (Å²) < 4.78 is 0. The number of hydrogen-bond donors (Lipinski definition) is 1. The monoisotopic (exact) mass is 254 g/mol. The fourth-order valence-electron chi connectivity index (χ4n) is 0. The molecule has 1 N–H and O–H groups in total. The number of aliphatic carboxylic acids is 1. The predicted octanol–water partition coefficient (Wildman–Crippen LogP) is 0.478. The molecular weight excluding hydrogens is 247 g/mol. The molecule has 0 aliphatic carbocycles. The third-order valence-electron chi connectivity index (χ3n) is 0.302. The number of carboxylic acid groups (broad SMARTS) is 1.